The van der Waals surface area contributed by atoms with Gasteiger partial charge in [-0.2, -0.15) is 0 Å². The first-order valence-corrected chi connectivity index (χ1v) is 10.0. The first kappa shape index (κ1) is 21.1. The van der Waals surface area contributed by atoms with Crippen LogP contribution in [-0.2, 0) is 9.59 Å². The van der Waals surface area contributed by atoms with Gasteiger partial charge in [0, 0.05) is 23.9 Å². The number of carbonyl (C=O) groups excluding carboxylic acids is 2. The zero-order chi connectivity index (χ0) is 18.3. The first-order valence-electron chi connectivity index (χ1n) is 10.0. The van der Waals surface area contributed by atoms with Crippen LogP contribution in [0.1, 0.15) is 73.1 Å². The number of hydrogen-bond donors (Lipinski definition) is 0. The lowest BCUT2D eigenvalue weighted by atomic mass is 9.84. The van der Waals surface area contributed by atoms with E-state index in [9.17, 15) is 9.59 Å². The van der Waals surface area contributed by atoms with Gasteiger partial charge in [-0.15, -0.1) is 0 Å². The molecule has 3 rings (SSSR count). The van der Waals surface area contributed by atoms with Crippen molar-refractivity contribution < 1.29 is 9.59 Å². The Bertz CT molecular complexity index is 410. The minimum absolute atomic E-state index is 0.0645. The van der Waals surface area contributed by atoms with Crippen molar-refractivity contribution in [1.29, 1.82) is 0 Å². The Balaban J connectivity index is 0.000000671. The molecule has 4 heteroatoms. The van der Waals surface area contributed by atoms with Gasteiger partial charge < -0.3 is 9.80 Å². The van der Waals surface area contributed by atoms with Crippen molar-refractivity contribution in [1.82, 2.24) is 9.80 Å². The minimum atomic E-state index is 0.0645. The second-order valence-corrected chi connectivity index (χ2v) is 7.09. The van der Waals surface area contributed by atoms with E-state index in [1.807, 2.05) is 27.7 Å². The van der Waals surface area contributed by atoms with Crippen LogP contribution in [0.4, 0.5) is 0 Å². The SMILES string of the molecule is CC.CC.CC(=O)C1CCN(C(=O)C2CCN(C)CC2)C2(CC2)C1. The van der Waals surface area contributed by atoms with Crippen LogP contribution in [0.25, 0.3) is 0 Å². The van der Waals surface area contributed by atoms with Crippen LogP contribution in [0, 0.1) is 11.8 Å². The predicted octanol–water partition coefficient (Wildman–Crippen LogP) is 3.74. The molecule has 1 spiro atoms. The number of hydrogen-bond acceptors (Lipinski definition) is 3. The highest BCUT2D eigenvalue weighted by Crippen LogP contribution is 2.50. The van der Waals surface area contributed by atoms with Gasteiger partial charge in [0.15, 0.2) is 0 Å². The third-order valence-electron chi connectivity index (χ3n) is 5.64. The Labute approximate surface area is 149 Å². The topological polar surface area (TPSA) is 40.6 Å². The summed E-state index contributed by atoms with van der Waals surface area (Å²) in [4.78, 5) is 28.9. The average Bonchev–Trinajstić information content (AvgIpc) is 3.38. The summed E-state index contributed by atoms with van der Waals surface area (Å²) in [5, 5.41) is 0. The summed E-state index contributed by atoms with van der Waals surface area (Å²) in [6.45, 7) is 12.6. The van der Waals surface area contributed by atoms with Crippen molar-refractivity contribution in [2.75, 3.05) is 26.7 Å². The van der Waals surface area contributed by atoms with E-state index in [2.05, 4.69) is 16.8 Å². The van der Waals surface area contributed by atoms with Crippen LogP contribution in [0.3, 0.4) is 0 Å². The highest BCUT2D eigenvalue weighted by molar-refractivity contribution is 5.82. The number of likely N-dealkylation sites (tertiary alicyclic amines) is 2. The Kier molecular flexibility index (Phi) is 8.41. The van der Waals surface area contributed by atoms with E-state index in [-0.39, 0.29) is 17.4 Å². The molecular weight excluding hydrogens is 300 g/mol. The lowest BCUT2D eigenvalue weighted by Crippen LogP contribution is -2.52. The average molecular weight is 339 g/mol. The monoisotopic (exact) mass is 338 g/mol. The summed E-state index contributed by atoms with van der Waals surface area (Å²) < 4.78 is 0. The molecule has 4 nitrogen and oxygen atoms in total. The molecule has 1 unspecified atom stereocenters. The molecule has 3 fully saturated rings. The molecule has 0 aromatic carbocycles. The van der Waals surface area contributed by atoms with Gasteiger partial charge in [0.05, 0.1) is 0 Å². The lowest BCUT2D eigenvalue weighted by molar-refractivity contribution is -0.144. The maximum Gasteiger partial charge on any atom is 0.226 e. The maximum atomic E-state index is 12.8. The van der Waals surface area contributed by atoms with Crippen LogP contribution in [0.15, 0.2) is 0 Å². The second-order valence-electron chi connectivity index (χ2n) is 7.09. The number of carbonyl (C=O) groups is 2. The van der Waals surface area contributed by atoms with Crippen molar-refractivity contribution >= 4 is 11.7 Å². The normalized spacial score (nSPS) is 25.9. The molecule has 0 aromatic rings. The highest BCUT2D eigenvalue weighted by Gasteiger charge is 2.54. The Morgan fingerprint density at radius 1 is 0.875 bits per heavy atom. The van der Waals surface area contributed by atoms with E-state index in [4.69, 9.17) is 0 Å². The summed E-state index contributed by atoms with van der Waals surface area (Å²) >= 11 is 0. The smallest absolute Gasteiger partial charge is 0.226 e. The van der Waals surface area contributed by atoms with Crippen LogP contribution in [0.2, 0.25) is 0 Å². The molecular formula is C20H38N2O2. The predicted molar refractivity (Wildman–Crippen MR) is 100 cm³/mol. The summed E-state index contributed by atoms with van der Waals surface area (Å²) in [6.07, 6.45) is 6.00. The van der Waals surface area contributed by atoms with Crippen molar-refractivity contribution in [3.63, 3.8) is 0 Å². The van der Waals surface area contributed by atoms with Crippen LogP contribution in [0.5, 0.6) is 0 Å². The molecule has 1 saturated carbocycles. The van der Waals surface area contributed by atoms with E-state index in [1.165, 1.54) is 0 Å². The molecule has 0 N–H and O–H groups in total. The number of rotatable bonds is 2. The van der Waals surface area contributed by atoms with Gasteiger partial charge in [0.25, 0.3) is 0 Å². The third kappa shape index (κ3) is 4.81. The Hall–Kier alpha value is -0.900. The van der Waals surface area contributed by atoms with Crippen LogP contribution in [-0.4, -0.2) is 53.7 Å². The lowest BCUT2D eigenvalue weighted by Gasteiger charge is -2.42. The molecule has 2 heterocycles. The maximum absolute atomic E-state index is 12.8. The number of ketones is 1. The van der Waals surface area contributed by atoms with Gasteiger partial charge in [-0.05, 0) is 65.6 Å². The van der Waals surface area contributed by atoms with Crippen molar-refractivity contribution in [3.05, 3.63) is 0 Å². The van der Waals surface area contributed by atoms with Crippen molar-refractivity contribution in [2.24, 2.45) is 11.8 Å². The molecule has 2 aliphatic heterocycles. The minimum Gasteiger partial charge on any atom is -0.337 e. The fourth-order valence-electron chi connectivity index (χ4n) is 3.98. The van der Waals surface area contributed by atoms with E-state index < -0.39 is 0 Å². The summed E-state index contributed by atoms with van der Waals surface area (Å²) in [6, 6.07) is 0. The van der Waals surface area contributed by atoms with E-state index in [1.54, 1.807) is 6.92 Å². The third-order valence-corrected chi connectivity index (χ3v) is 5.64. The van der Waals surface area contributed by atoms with Gasteiger partial charge >= 0.3 is 0 Å². The van der Waals surface area contributed by atoms with E-state index in [0.717, 1.165) is 58.2 Å². The second kappa shape index (κ2) is 9.55. The Morgan fingerprint density at radius 3 is 1.83 bits per heavy atom. The molecule has 3 aliphatic rings. The molecule has 1 amide bonds. The first-order chi connectivity index (χ1) is 11.5. The molecule has 0 bridgehead atoms. The zero-order valence-corrected chi connectivity index (χ0v) is 16.7. The number of Topliss-reactive ketones (excluding diaryl/α,β-unsaturated/α-hetero) is 1. The van der Waals surface area contributed by atoms with Crippen LogP contribution < -0.4 is 0 Å². The quantitative estimate of drug-likeness (QED) is 0.770. The van der Waals surface area contributed by atoms with Crippen molar-refractivity contribution in [2.45, 2.75) is 78.7 Å². The Morgan fingerprint density at radius 2 is 1.38 bits per heavy atom. The van der Waals surface area contributed by atoms with Crippen molar-refractivity contribution in [3.8, 4) is 0 Å². The van der Waals surface area contributed by atoms with Gasteiger partial charge in [0.2, 0.25) is 5.91 Å². The summed E-state index contributed by atoms with van der Waals surface area (Å²) in [5.41, 5.74) is 0.0645. The number of amides is 1. The molecule has 140 valence electrons. The fourth-order valence-corrected chi connectivity index (χ4v) is 3.98. The van der Waals surface area contributed by atoms with Gasteiger partial charge in [-0.25, -0.2) is 0 Å². The molecule has 1 aliphatic carbocycles. The van der Waals surface area contributed by atoms with E-state index >= 15 is 0 Å². The van der Waals surface area contributed by atoms with Gasteiger partial charge in [-0.1, -0.05) is 27.7 Å². The van der Waals surface area contributed by atoms with E-state index in [0.29, 0.717) is 11.7 Å². The molecule has 0 aromatic heterocycles. The van der Waals surface area contributed by atoms with Crippen LogP contribution >= 0.6 is 0 Å². The van der Waals surface area contributed by atoms with Gasteiger partial charge in [0.1, 0.15) is 5.78 Å². The molecule has 0 radical (unpaired) electrons. The largest absolute Gasteiger partial charge is 0.337 e. The molecule has 24 heavy (non-hydrogen) atoms. The highest BCUT2D eigenvalue weighted by atomic mass is 16.2. The number of piperidine rings is 2. The molecule has 2 saturated heterocycles. The fraction of sp³-hybridized carbons (Fsp3) is 0.900. The standard InChI is InChI=1S/C16H26N2O2.2C2H6/c1-12(19)14-5-10-18(16(11-14)6-7-16)15(20)13-3-8-17(2)9-4-13;2*1-2/h13-14H,3-11H2,1-2H3;2*1-2H3. The molecule has 1 atom stereocenters. The number of nitrogens with zero attached hydrogens (tertiary/aromatic N) is 2. The summed E-state index contributed by atoms with van der Waals surface area (Å²) in [7, 11) is 2.13. The zero-order valence-electron chi connectivity index (χ0n) is 16.7. The summed E-state index contributed by atoms with van der Waals surface area (Å²) in [5.74, 6) is 1.09. The van der Waals surface area contributed by atoms with Gasteiger partial charge in [-0.3, -0.25) is 9.59 Å².